The molecule has 138 valence electrons. The Bertz CT molecular complexity index is 1090. The van der Waals surface area contributed by atoms with Crippen LogP contribution in [0.15, 0.2) is 24.3 Å². The van der Waals surface area contributed by atoms with Gasteiger partial charge in [-0.05, 0) is 18.4 Å². The first-order valence-corrected chi connectivity index (χ1v) is 10.5. The van der Waals surface area contributed by atoms with Crippen LogP contribution in [-0.2, 0) is 23.1 Å². The summed E-state index contributed by atoms with van der Waals surface area (Å²) in [7, 11) is -3.19. The lowest BCUT2D eigenvalue weighted by Gasteiger charge is -2.17. The topological polar surface area (TPSA) is 94.1 Å². The number of aromatic nitrogens is 3. The zero-order valence-electron chi connectivity index (χ0n) is 15.0. The normalized spacial score (nSPS) is 17.7. The van der Waals surface area contributed by atoms with Gasteiger partial charge in [-0.15, -0.1) is 0 Å². The Morgan fingerprint density at radius 1 is 1.23 bits per heavy atom. The number of nitrogens with zero attached hydrogens (tertiary/aromatic N) is 4. The highest BCUT2D eigenvalue weighted by Crippen LogP contribution is 2.30. The molecule has 8 heteroatoms. The second kappa shape index (κ2) is 6.21. The van der Waals surface area contributed by atoms with Crippen molar-refractivity contribution in [3.05, 3.63) is 30.1 Å². The summed E-state index contributed by atoms with van der Waals surface area (Å²) >= 11 is 0. The van der Waals surface area contributed by atoms with Crippen molar-refractivity contribution in [1.82, 2.24) is 18.8 Å². The first-order chi connectivity index (χ1) is 12.4. The number of nitrogen functional groups attached to an aromatic ring is 1. The Balaban J connectivity index is 1.95. The number of para-hydroxylation sites is 1. The van der Waals surface area contributed by atoms with Gasteiger partial charge in [0, 0.05) is 18.5 Å². The summed E-state index contributed by atoms with van der Waals surface area (Å²) in [6.07, 6.45) is 0.666. The minimum atomic E-state index is -3.19. The van der Waals surface area contributed by atoms with Gasteiger partial charge in [0.15, 0.2) is 5.82 Å². The number of hydrogen-bond acceptors (Lipinski definition) is 5. The van der Waals surface area contributed by atoms with Crippen molar-refractivity contribution in [3.8, 4) is 0 Å². The maximum Gasteiger partial charge on any atom is 0.214 e. The van der Waals surface area contributed by atoms with Crippen LogP contribution in [0.25, 0.3) is 21.9 Å². The van der Waals surface area contributed by atoms with Crippen molar-refractivity contribution in [2.45, 2.75) is 33.4 Å². The average molecular weight is 373 g/mol. The molecule has 1 fully saturated rings. The van der Waals surface area contributed by atoms with E-state index in [4.69, 9.17) is 10.7 Å². The van der Waals surface area contributed by atoms with E-state index < -0.39 is 10.0 Å². The molecule has 0 bridgehead atoms. The number of sulfonamides is 1. The zero-order chi connectivity index (χ0) is 18.5. The van der Waals surface area contributed by atoms with Crippen LogP contribution in [0.5, 0.6) is 0 Å². The molecule has 3 aromatic rings. The van der Waals surface area contributed by atoms with E-state index in [-0.39, 0.29) is 12.3 Å². The van der Waals surface area contributed by atoms with Gasteiger partial charge in [0.25, 0.3) is 0 Å². The molecule has 7 nitrogen and oxygen atoms in total. The second-order valence-corrected chi connectivity index (χ2v) is 9.34. The molecule has 0 amide bonds. The van der Waals surface area contributed by atoms with Crippen molar-refractivity contribution in [1.29, 1.82) is 0 Å². The predicted molar refractivity (Wildman–Crippen MR) is 103 cm³/mol. The molecule has 1 saturated heterocycles. The van der Waals surface area contributed by atoms with Crippen LogP contribution in [0.3, 0.4) is 0 Å². The monoisotopic (exact) mass is 373 g/mol. The van der Waals surface area contributed by atoms with Crippen molar-refractivity contribution >= 4 is 37.8 Å². The summed E-state index contributed by atoms with van der Waals surface area (Å²) in [5.74, 6) is 1.70. The Kier molecular flexibility index (Phi) is 4.11. The quantitative estimate of drug-likeness (QED) is 0.758. The number of hydrogen-bond donors (Lipinski definition) is 1. The molecular weight excluding hydrogens is 350 g/mol. The summed E-state index contributed by atoms with van der Waals surface area (Å²) in [5.41, 5.74) is 8.59. The minimum Gasteiger partial charge on any atom is -0.382 e. The van der Waals surface area contributed by atoms with E-state index in [1.807, 2.05) is 24.3 Å². The number of nitrogens with two attached hydrogens (primary N) is 1. The molecule has 0 radical (unpaired) electrons. The lowest BCUT2D eigenvalue weighted by molar-refractivity contribution is 0.412. The molecule has 1 aliphatic heterocycles. The lowest BCUT2D eigenvalue weighted by atomic mass is 10.1. The number of rotatable bonds is 4. The third kappa shape index (κ3) is 2.83. The van der Waals surface area contributed by atoms with Gasteiger partial charge in [0.1, 0.15) is 11.3 Å². The summed E-state index contributed by atoms with van der Waals surface area (Å²) in [6.45, 7) is 5.83. The maximum atomic E-state index is 12.2. The number of anilines is 1. The first kappa shape index (κ1) is 17.2. The number of benzene rings is 1. The molecular formula is C18H23N5O2S. The Morgan fingerprint density at radius 3 is 2.69 bits per heavy atom. The molecule has 0 spiro atoms. The van der Waals surface area contributed by atoms with Gasteiger partial charge in [-0.1, -0.05) is 32.0 Å². The van der Waals surface area contributed by atoms with Crippen LogP contribution in [0.1, 0.15) is 26.1 Å². The van der Waals surface area contributed by atoms with Crippen molar-refractivity contribution in [2.75, 3.05) is 18.0 Å². The van der Waals surface area contributed by atoms with Crippen LogP contribution in [0.2, 0.25) is 0 Å². The van der Waals surface area contributed by atoms with E-state index in [1.165, 1.54) is 4.31 Å². The summed E-state index contributed by atoms with van der Waals surface area (Å²) in [6, 6.07) is 7.85. The molecule has 0 aliphatic carbocycles. The zero-order valence-corrected chi connectivity index (χ0v) is 15.8. The number of fused-ring (bicyclic) bond motifs is 3. The molecule has 1 aromatic carbocycles. The molecule has 0 atom stereocenters. The Morgan fingerprint density at radius 2 is 2.00 bits per heavy atom. The Labute approximate surface area is 152 Å². The van der Waals surface area contributed by atoms with E-state index in [9.17, 15) is 8.42 Å². The SMILES string of the molecule is CC(C)Cn1c(CN2CCCS2(=O)=O)nc2c(N)nc3ccccc3c21. The highest BCUT2D eigenvalue weighted by Gasteiger charge is 2.30. The summed E-state index contributed by atoms with van der Waals surface area (Å²) < 4.78 is 28.1. The predicted octanol–water partition coefficient (Wildman–Crippen LogP) is 2.36. The van der Waals surface area contributed by atoms with Crippen LogP contribution in [0.4, 0.5) is 5.82 Å². The van der Waals surface area contributed by atoms with Gasteiger partial charge in [0.05, 0.1) is 23.3 Å². The second-order valence-electron chi connectivity index (χ2n) is 7.25. The van der Waals surface area contributed by atoms with Gasteiger partial charge < -0.3 is 10.3 Å². The van der Waals surface area contributed by atoms with Gasteiger partial charge in [0.2, 0.25) is 10.0 Å². The third-order valence-corrected chi connectivity index (χ3v) is 6.66. The van der Waals surface area contributed by atoms with E-state index >= 15 is 0 Å². The van der Waals surface area contributed by atoms with Crippen LogP contribution in [0, 0.1) is 5.92 Å². The standard InChI is InChI=1S/C18H23N5O2S/c1-12(2)10-23-15(11-22-8-5-9-26(22,24)25)21-16-17(23)13-6-3-4-7-14(13)20-18(16)19/h3-4,6-7,12H,5,8-11H2,1-2H3,(H2,19,20). The van der Waals surface area contributed by atoms with Gasteiger partial charge in [-0.25, -0.2) is 18.4 Å². The maximum absolute atomic E-state index is 12.2. The summed E-state index contributed by atoms with van der Waals surface area (Å²) in [4.78, 5) is 9.18. The largest absolute Gasteiger partial charge is 0.382 e. The minimum absolute atomic E-state index is 0.212. The van der Waals surface area contributed by atoms with Crippen LogP contribution < -0.4 is 5.73 Å². The first-order valence-electron chi connectivity index (χ1n) is 8.88. The molecule has 2 N–H and O–H groups in total. The molecule has 0 saturated carbocycles. The fraction of sp³-hybridized carbons (Fsp3) is 0.444. The van der Waals surface area contributed by atoms with E-state index in [0.717, 1.165) is 28.8 Å². The molecule has 2 aromatic heterocycles. The van der Waals surface area contributed by atoms with E-state index in [2.05, 4.69) is 23.4 Å². The van der Waals surface area contributed by atoms with E-state index in [0.29, 0.717) is 30.2 Å². The highest BCUT2D eigenvalue weighted by atomic mass is 32.2. The van der Waals surface area contributed by atoms with E-state index in [1.54, 1.807) is 0 Å². The fourth-order valence-corrected chi connectivity index (χ4v) is 5.09. The van der Waals surface area contributed by atoms with Crippen molar-refractivity contribution in [3.63, 3.8) is 0 Å². The van der Waals surface area contributed by atoms with Gasteiger partial charge in [-0.2, -0.15) is 4.31 Å². The molecule has 1 aliphatic rings. The lowest BCUT2D eigenvalue weighted by Crippen LogP contribution is -2.27. The third-order valence-electron chi connectivity index (χ3n) is 4.76. The number of pyridine rings is 1. The van der Waals surface area contributed by atoms with Crippen LogP contribution >= 0.6 is 0 Å². The van der Waals surface area contributed by atoms with Gasteiger partial charge >= 0.3 is 0 Å². The van der Waals surface area contributed by atoms with Crippen molar-refractivity contribution in [2.24, 2.45) is 5.92 Å². The Hall–Kier alpha value is -2.19. The fourth-order valence-electron chi connectivity index (χ4n) is 3.61. The molecule has 0 unspecified atom stereocenters. The highest BCUT2D eigenvalue weighted by molar-refractivity contribution is 7.89. The number of imidazole rings is 1. The average Bonchev–Trinajstić information content (AvgIpc) is 3.09. The molecule has 3 heterocycles. The van der Waals surface area contributed by atoms with Crippen LogP contribution in [-0.4, -0.2) is 39.6 Å². The molecule has 4 rings (SSSR count). The smallest absolute Gasteiger partial charge is 0.214 e. The van der Waals surface area contributed by atoms with Gasteiger partial charge in [-0.3, -0.25) is 0 Å². The molecule has 26 heavy (non-hydrogen) atoms. The van der Waals surface area contributed by atoms with Crippen molar-refractivity contribution < 1.29 is 8.42 Å². The summed E-state index contributed by atoms with van der Waals surface area (Å²) in [5, 5.41) is 0.986.